The topological polar surface area (TPSA) is 219 Å². The van der Waals surface area contributed by atoms with Crippen molar-refractivity contribution in [3.8, 4) is 0 Å². The maximum absolute atomic E-state index is 9.71. The molecule has 0 saturated heterocycles. The summed E-state index contributed by atoms with van der Waals surface area (Å²) < 4.78 is 27.3. The highest BCUT2D eigenvalue weighted by molar-refractivity contribution is 7.85. The van der Waals surface area contributed by atoms with E-state index in [4.69, 9.17) is 42.8 Å². The summed E-state index contributed by atoms with van der Waals surface area (Å²) in [6, 6.07) is 0. The van der Waals surface area contributed by atoms with E-state index in [2.05, 4.69) is 0 Å². The highest BCUT2D eigenvalue weighted by Crippen LogP contribution is 1.74. The second kappa shape index (κ2) is 26.2. The molecule has 0 unspecified atom stereocenters. The summed E-state index contributed by atoms with van der Waals surface area (Å²) >= 11 is 0. The SMILES string of the molecule is NCCO.NCCO.NCCO.NCCS(=O)(=O)O. The van der Waals surface area contributed by atoms with Crippen LogP contribution < -0.4 is 22.9 Å². The molecule has 0 aromatic heterocycles. The van der Waals surface area contributed by atoms with E-state index in [1.165, 1.54) is 0 Å². The van der Waals surface area contributed by atoms with Gasteiger partial charge in [0.15, 0.2) is 0 Å². The van der Waals surface area contributed by atoms with Gasteiger partial charge in [-0.25, -0.2) is 0 Å². The summed E-state index contributed by atoms with van der Waals surface area (Å²) in [4.78, 5) is 0. The summed E-state index contributed by atoms with van der Waals surface area (Å²) in [6.07, 6.45) is 0. The van der Waals surface area contributed by atoms with E-state index in [9.17, 15) is 8.42 Å². The third-order valence-electron chi connectivity index (χ3n) is 0.763. The highest BCUT2D eigenvalue weighted by Gasteiger charge is 1.98. The zero-order valence-electron chi connectivity index (χ0n) is 11.0. The third-order valence-corrected chi connectivity index (χ3v) is 1.51. The molecule has 11 heteroatoms. The first-order valence-corrected chi connectivity index (χ1v) is 7.00. The first kappa shape index (κ1) is 27.1. The van der Waals surface area contributed by atoms with Crippen molar-refractivity contribution < 1.29 is 28.3 Å². The molecule has 0 atom stereocenters. The van der Waals surface area contributed by atoms with Crippen molar-refractivity contribution in [2.75, 3.05) is 51.8 Å². The largest absolute Gasteiger partial charge is 0.395 e. The van der Waals surface area contributed by atoms with Crippen LogP contribution in [0.15, 0.2) is 0 Å². The first-order valence-electron chi connectivity index (χ1n) is 5.39. The van der Waals surface area contributed by atoms with Crippen molar-refractivity contribution >= 4 is 10.1 Å². The smallest absolute Gasteiger partial charge is 0.266 e. The van der Waals surface area contributed by atoms with Crippen molar-refractivity contribution in [3.63, 3.8) is 0 Å². The predicted molar refractivity (Wildman–Crippen MR) is 73.9 cm³/mol. The van der Waals surface area contributed by atoms with Gasteiger partial charge in [-0.3, -0.25) is 4.55 Å². The lowest BCUT2D eigenvalue weighted by Crippen LogP contribution is -2.13. The number of hydrogen-bond acceptors (Lipinski definition) is 9. The minimum atomic E-state index is -3.80. The van der Waals surface area contributed by atoms with E-state index in [1.807, 2.05) is 0 Å². The fourth-order valence-corrected chi connectivity index (χ4v) is 0.447. The predicted octanol–water partition coefficient (Wildman–Crippen LogP) is -4.35. The van der Waals surface area contributed by atoms with Crippen LogP contribution in [0.5, 0.6) is 0 Å². The van der Waals surface area contributed by atoms with Gasteiger partial charge in [0.1, 0.15) is 0 Å². The Labute approximate surface area is 114 Å². The van der Waals surface area contributed by atoms with E-state index < -0.39 is 10.1 Å². The number of rotatable bonds is 5. The van der Waals surface area contributed by atoms with Gasteiger partial charge in [-0.1, -0.05) is 0 Å². The van der Waals surface area contributed by atoms with Crippen molar-refractivity contribution in [3.05, 3.63) is 0 Å². The van der Waals surface area contributed by atoms with Gasteiger partial charge in [-0.05, 0) is 0 Å². The normalized spacial score (nSPS) is 9.05. The van der Waals surface area contributed by atoms with Crippen LogP contribution in [-0.4, -0.2) is 80.0 Å². The molecule has 19 heavy (non-hydrogen) atoms. The highest BCUT2D eigenvalue weighted by atomic mass is 32.2. The van der Waals surface area contributed by atoms with E-state index >= 15 is 0 Å². The molecule has 0 radical (unpaired) electrons. The van der Waals surface area contributed by atoms with Crippen LogP contribution in [0.4, 0.5) is 0 Å². The lowest BCUT2D eigenvalue weighted by molar-refractivity contribution is 0.306. The van der Waals surface area contributed by atoms with Gasteiger partial charge in [0, 0.05) is 26.2 Å². The lowest BCUT2D eigenvalue weighted by Gasteiger charge is -1.86. The second-order valence-electron chi connectivity index (χ2n) is 2.61. The molecule has 0 bridgehead atoms. The summed E-state index contributed by atoms with van der Waals surface area (Å²) in [7, 11) is -3.80. The summed E-state index contributed by atoms with van der Waals surface area (Å²) in [5, 5.41) is 23.2. The summed E-state index contributed by atoms with van der Waals surface area (Å²) in [5.41, 5.74) is 19.1. The van der Waals surface area contributed by atoms with Crippen LogP contribution in [-0.2, 0) is 10.1 Å². The zero-order chi connectivity index (χ0) is 16.2. The average molecular weight is 308 g/mol. The molecular formula is C8H28N4O6S. The zero-order valence-corrected chi connectivity index (χ0v) is 11.8. The molecule has 0 aromatic carbocycles. The van der Waals surface area contributed by atoms with E-state index in [1.54, 1.807) is 0 Å². The molecule has 0 heterocycles. The van der Waals surface area contributed by atoms with Gasteiger partial charge in [0.25, 0.3) is 10.1 Å². The molecule has 0 rings (SSSR count). The Bertz CT molecular complexity index is 200. The molecule has 0 amide bonds. The van der Waals surface area contributed by atoms with Crippen LogP contribution in [0, 0.1) is 0 Å². The fourth-order valence-electron chi connectivity index (χ4n) is 0.149. The van der Waals surface area contributed by atoms with E-state index in [-0.39, 0.29) is 32.1 Å². The van der Waals surface area contributed by atoms with Crippen molar-refractivity contribution in [1.29, 1.82) is 0 Å². The van der Waals surface area contributed by atoms with Gasteiger partial charge >= 0.3 is 0 Å². The minimum Gasteiger partial charge on any atom is -0.395 e. The first-order chi connectivity index (χ1) is 8.80. The van der Waals surface area contributed by atoms with Gasteiger partial charge in [-0.15, -0.1) is 0 Å². The van der Waals surface area contributed by atoms with Gasteiger partial charge in [0.2, 0.25) is 0 Å². The molecule has 0 aliphatic rings. The maximum Gasteiger partial charge on any atom is 0.266 e. The van der Waals surface area contributed by atoms with Crippen LogP contribution >= 0.6 is 0 Å². The van der Waals surface area contributed by atoms with Crippen LogP contribution in [0.3, 0.4) is 0 Å². The number of aliphatic hydroxyl groups excluding tert-OH is 3. The van der Waals surface area contributed by atoms with Crippen molar-refractivity contribution in [2.24, 2.45) is 22.9 Å². The molecule has 0 aliphatic heterocycles. The molecular weight excluding hydrogens is 280 g/mol. The van der Waals surface area contributed by atoms with Gasteiger partial charge in [0.05, 0.1) is 25.6 Å². The Balaban J connectivity index is -0.0000000825. The Hall–Kier alpha value is -0.370. The van der Waals surface area contributed by atoms with Crippen molar-refractivity contribution in [1.82, 2.24) is 0 Å². The molecule has 0 saturated carbocycles. The standard InChI is InChI=1S/C2H7NO3S.3C2H7NO/c3-1-2-7(4,5)6;3*3-1-2-4/h1-3H2,(H,4,5,6);3*4H,1-3H2. The third kappa shape index (κ3) is 98.0. The van der Waals surface area contributed by atoms with E-state index in [0.717, 1.165) is 0 Å². The number of nitrogens with two attached hydrogens (primary N) is 4. The summed E-state index contributed by atoms with van der Waals surface area (Å²) in [5.74, 6) is -0.354. The molecule has 0 aromatic rings. The second-order valence-corrected chi connectivity index (χ2v) is 4.18. The Morgan fingerprint density at radius 3 is 0.895 bits per heavy atom. The van der Waals surface area contributed by atoms with Crippen LogP contribution in [0.1, 0.15) is 0 Å². The molecule has 0 fully saturated rings. The number of hydrogen-bond donors (Lipinski definition) is 8. The van der Waals surface area contributed by atoms with E-state index in [0.29, 0.717) is 19.6 Å². The van der Waals surface area contributed by atoms with Crippen molar-refractivity contribution in [2.45, 2.75) is 0 Å². The van der Waals surface area contributed by atoms with Gasteiger partial charge in [-0.2, -0.15) is 8.42 Å². The Morgan fingerprint density at radius 1 is 0.684 bits per heavy atom. The monoisotopic (exact) mass is 308 g/mol. The average Bonchev–Trinajstić information content (AvgIpc) is 2.38. The Kier molecular flexibility index (Phi) is 37.4. The molecule has 122 valence electrons. The lowest BCUT2D eigenvalue weighted by atomic mass is 10.8. The quantitative estimate of drug-likeness (QED) is 0.228. The molecule has 12 N–H and O–H groups in total. The fraction of sp³-hybridized carbons (Fsp3) is 1.00. The van der Waals surface area contributed by atoms with Gasteiger partial charge < -0.3 is 38.3 Å². The summed E-state index contributed by atoms with van der Waals surface area (Å²) in [6.45, 7) is 1.39. The molecule has 0 aliphatic carbocycles. The molecule has 0 spiro atoms. The van der Waals surface area contributed by atoms with Crippen LogP contribution in [0.2, 0.25) is 0 Å². The van der Waals surface area contributed by atoms with Crippen LogP contribution in [0.25, 0.3) is 0 Å². The molecule has 10 nitrogen and oxygen atoms in total. The number of aliphatic hydroxyl groups is 3. The minimum absolute atomic E-state index is 0.0289. The Morgan fingerprint density at radius 2 is 0.895 bits per heavy atom. The maximum atomic E-state index is 9.71.